The molecule has 198 valence electrons. The van der Waals surface area contributed by atoms with Crippen LogP contribution in [0.2, 0.25) is 0 Å². The molecule has 1 saturated heterocycles. The minimum absolute atomic E-state index is 0.271. The average Bonchev–Trinajstić information content (AvgIpc) is 2.90. The minimum atomic E-state index is -1.28. The second kappa shape index (κ2) is 15.0. The van der Waals surface area contributed by atoms with Gasteiger partial charge in [0, 0.05) is 12.8 Å². The zero-order valence-electron chi connectivity index (χ0n) is 22.3. The number of nitrogens with zero attached hydrogens (tertiary/aromatic N) is 1. The van der Waals surface area contributed by atoms with Crippen LogP contribution >= 0.6 is 0 Å². The quantitative estimate of drug-likeness (QED) is 0.114. The lowest BCUT2D eigenvalue weighted by atomic mass is 10.0. The monoisotopic (exact) mass is 497 g/mol. The molecule has 0 unspecified atom stereocenters. The number of carbonyl (C=O) groups is 1. The zero-order chi connectivity index (χ0) is 25.6. The second-order valence-electron chi connectivity index (χ2n) is 9.91. The largest absolute Gasteiger partial charge is 0.462 e. The first-order valence-corrected chi connectivity index (χ1v) is 13.6. The van der Waals surface area contributed by atoms with Crippen LogP contribution in [0.1, 0.15) is 84.1 Å². The van der Waals surface area contributed by atoms with Gasteiger partial charge in [-0.2, -0.15) is 0 Å². The van der Waals surface area contributed by atoms with E-state index in [2.05, 4.69) is 42.4 Å². The van der Waals surface area contributed by atoms with Crippen molar-refractivity contribution in [3.05, 3.63) is 48.0 Å². The van der Waals surface area contributed by atoms with Crippen molar-refractivity contribution in [3.8, 4) is 0 Å². The summed E-state index contributed by atoms with van der Waals surface area (Å²) in [6.45, 7) is 7.84. The maximum atomic E-state index is 12.4. The summed E-state index contributed by atoms with van der Waals surface area (Å²) in [6, 6.07) is 14.6. The van der Waals surface area contributed by atoms with E-state index >= 15 is 0 Å². The first-order chi connectivity index (χ1) is 17.5. The highest BCUT2D eigenvalue weighted by Crippen LogP contribution is 2.26. The summed E-state index contributed by atoms with van der Waals surface area (Å²) >= 11 is 0. The fraction of sp³-hybridized carbons (Fsp3) is 0.600. The number of hydrogen-bond acceptors (Lipinski definition) is 6. The Morgan fingerprint density at radius 3 is 2.42 bits per heavy atom. The maximum absolute atomic E-state index is 12.4. The standard InChI is InChI=1S/C30H43NO5/c1-4-5-6-7-8-12-19-33-29(32)30(3)34-22-25(23-35-30)14-11-13-20-36-31-24(2)27-18-17-26-15-9-10-16-28(26)21-27/h9-10,15-18,21,25H,4-8,11-14,19-20,22-23H2,1-3H3/b31-24-. The number of carbonyl (C=O) groups excluding carboxylic acids is 1. The Bertz CT molecular complexity index is 965. The summed E-state index contributed by atoms with van der Waals surface area (Å²) in [5.41, 5.74) is 1.94. The Hall–Kier alpha value is -2.44. The van der Waals surface area contributed by atoms with Crippen LogP contribution in [-0.4, -0.2) is 43.9 Å². The molecule has 1 aliphatic rings. The van der Waals surface area contributed by atoms with Crippen LogP contribution in [0.15, 0.2) is 47.6 Å². The third-order valence-electron chi connectivity index (χ3n) is 6.76. The number of benzene rings is 2. The molecular weight excluding hydrogens is 454 g/mol. The van der Waals surface area contributed by atoms with E-state index < -0.39 is 11.8 Å². The molecule has 3 rings (SSSR count). The van der Waals surface area contributed by atoms with Crippen molar-refractivity contribution in [2.24, 2.45) is 11.1 Å². The summed E-state index contributed by atoms with van der Waals surface area (Å²) in [5.74, 6) is -1.42. The van der Waals surface area contributed by atoms with Crippen LogP contribution in [0.5, 0.6) is 0 Å². The van der Waals surface area contributed by atoms with Gasteiger partial charge in [0.1, 0.15) is 6.61 Å². The first kappa shape index (κ1) is 28.1. The van der Waals surface area contributed by atoms with Crippen LogP contribution in [0.25, 0.3) is 10.8 Å². The van der Waals surface area contributed by atoms with Gasteiger partial charge in [-0.1, -0.05) is 80.6 Å². The van der Waals surface area contributed by atoms with E-state index in [-0.39, 0.29) is 5.92 Å². The highest BCUT2D eigenvalue weighted by molar-refractivity contribution is 6.01. The van der Waals surface area contributed by atoms with E-state index in [1.807, 2.05) is 19.1 Å². The molecule has 36 heavy (non-hydrogen) atoms. The number of fused-ring (bicyclic) bond motifs is 1. The van der Waals surface area contributed by atoms with Crippen LogP contribution in [0, 0.1) is 5.92 Å². The van der Waals surface area contributed by atoms with Gasteiger partial charge in [0.2, 0.25) is 0 Å². The fourth-order valence-corrected chi connectivity index (χ4v) is 4.32. The molecule has 0 saturated carbocycles. The summed E-state index contributed by atoms with van der Waals surface area (Å²) in [4.78, 5) is 18.0. The van der Waals surface area contributed by atoms with Gasteiger partial charge in [-0.15, -0.1) is 0 Å². The number of rotatable bonds is 15. The van der Waals surface area contributed by atoms with Gasteiger partial charge in [0.15, 0.2) is 0 Å². The third-order valence-corrected chi connectivity index (χ3v) is 6.76. The summed E-state index contributed by atoms with van der Waals surface area (Å²) < 4.78 is 17.0. The van der Waals surface area contributed by atoms with Gasteiger partial charge < -0.3 is 19.0 Å². The molecule has 2 aromatic rings. The van der Waals surface area contributed by atoms with Gasteiger partial charge in [-0.3, -0.25) is 0 Å². The van der Waals surface area contributed by atoms with Gasteiger partial charge in [0.25, 0.3) is 5.79 Å². The van der Waals surface area contributed by atoms with Crippen molar-refractivity contribution in [2.45, 2.75) is 84.3 Å². The number of ether oxygens (including phenoxy) is 3. The Morgan fingerprint density at radius 2 is 1.64 bits per heavy atom. The maximum Gasteiger partial charge on any atom is 0.366 e. The molecule has 1 fully saturated rings. The molecule has 0 aromatic heterocycles. The normalized spacial score (nSPS) is 20.4. The molecule has 0 N–H and O–H groups in total. The van der Waals surface area contributed by atoms with Gasteiger partial charge in [0.05, 0.1) is 25.5 Å². The fourth-order valence-electron chi connectivity index (χ4n) is 4.32. The lowest BCUT2D eigenvalue weighted by Crippen LogP contribution is -2.48. The van der Waals surface area contributed by atoms with Crippen molar-refractivity contribution >= 4 is 22.5 Å². The number of oxime groups is 1. The van der Waals surface area contributed by atoms with Crippen molar-refractivity contribution in [1.29, 1.82) is 0 Å². The zero-order valence-corrected chi connectivity index (χ0v) is 22.3. The Labute approximate surface area is 216 Å². The molecule has 0 atom stereocenters. The van der Waals surface area contributed by atoms with Crippen LogP contribution in [-0.2, 0) is 23.8 Å². The highest BCUT2D eigenvalue weighted by atomic mass is 16.7. The van der Waals surface area contributed by atoms with E-state index in [0.29, 0.717) is 26.4 Å². The molecule has 0 bridgehead atoms. The van der Waals surface area contributed by atoms with Crippen molar-refractivity contribution in [3.63, 3.8) is 0 Å². The predicted molar refractivity (Wildman–Crippen MR) is 144 cm³/mol. The molecule has 0 aliphatic carbocycles. The van der Waals surface area contributed by atoms with Gasteiger partial charge in [-0.05, 0) is 55.0 Å². The van der Waals surface area contributed by atoms with E-state index in [4.69, 9.17) is 19.0 Å². The summed E-state index contributed by atoms with van der Waals surface area (Å²) in [7, 11) is 0. The van der Waals surface area contributed by atoms with E-state index in [9.17, 15) is 4.79 Å². The molecule has 0 amide bonds. The molecule has 2 aromatic carbocycles. The average molecular weight is 498 g/mol. The Kier molecular flexibility index (Phi) is 11.7. The topological polar surface area (TPSA) is 66.4 Å². The highest BCUT2D eigenvalue weighted by Gasteiger charge is 2.41. The molecule has 1 aliphatic heterocycles. The number of hydrogen-bond donors (Lipinski definition) is 0. The smallest absolute Gasteiger partial charge is 0.366 e. The molecule has 0 radical (unpaired) electrons. The van der Waals surface area contributed by atoms with Crippen LogP contribution < -0.4 is 0 Å². The third kappa shape index (κ3) is 8.90. The molecular formula is C30H43NO5. The van der Waals surface area contributed by atoms with E-state index in [0.717, 1.165) is 43.4 Å². The van der Waals surface area contributed by atoms with Crippen molar-refractivity contribution < 1.29 is 23.8 Å². The van der Waals surface area contributed by atoms with Gasteiger partial charge >= 0.3 is 5.97 Å². The van der Waals surface area contributed by atoms with E-state index in [1.165, 1.54) is 36.5 Å². The van der Waals surface area contributed by atoms with Crippen LogP contribution in [0.4, 0.5) is 0 Å². The number of unbranched alkanes of at least 4 members (excludes halogenated alkanes) is 6. The number of esters is 1. The summed E-state index contributed by atoms with van der Waals surface area (Å²) in [5, 5.41) is 6.71. The van der Waals surface area contributed by atoms with Crippen molar-refractivity contribution in [1.82, 2.24) is 0 Å². The SMILES string of the molecule is CCCCCCCCOC(=O)C1(C)OCC(CCCCO/N=C(/C)c2ccc3ccccc3c2)CO1. The van der Waals surface area contributed by atoms with Gasteiger partial charge in [-0.25, -0.2) is 4.79 Å². The van der Waals surface area contributed by atoms with Crippen LogP contribution in [0.3, 0.4) is 0 Å². The van der Waals surface area contributed by atoms with E-state index in [1.54, 1.807) is 6.92 Å². The molecule has 6 nitrogen and oxygen atoms in total. The summed E-state index contributed by atoms with van der Waals surface area (Å²) in [6.07, 6.45) is 9.78. The Balaban J connectivity index is 1.26. The predicted octanol–water partition coefficient (Wildman–Crippen LogP) is 7.03. The molecule has 6 heteroatoms. The minimum Gasteiger partial charge on any atom is -0.462 e. The second-order valence-corrected chi connectivity index (χ2v) is 9.91. The lowest BCUT2D eigenvalue weighted by molar-refractivity contribution is -0.274. The first-order valence-electron chi connectivity index (χ1n) is 13.6. The molecule has 1 heterocycles. The molecule has 0 spiro atoms. The van der Waals surface area contributed by atoms with Crippen molar-refractivity contribution in [2.75, 3.05) is 26.4 Å². The lowest BCUT2D eigenvalue weighted by Gasteiger charge is -2.35. The Morgan fingerprint density at radius 1 is 0.944 bits per heavy atom.